The predicted molar refractivity (Wildman–Crippen MR) is 163 cm³/mol. The molecule has 0 bridgehead atoms. The van der Waals surface area contributed by atoms with Gasteiger partial charge in [0.15, 0.2) is 5.13 Å². The number of hydrogen-bond donors (Lipinski definition) is 4. The van der Waals surface area contributed by atoms with E-state index in [4.69, 9.17) is 15.0 Å². The second-order valence-corrected chi connectivity index (χ2v) is 11.1. The van der Waals surface area contributed by atoms with E-state index in [1.54, 1.807) is 12.1 Å². The highest BCUT2D eigenvalue weighted by Gasteiger charge is 2.22. The van der Waals surface area contributed by atoms with Gasteiger partial charge in [0.1, 0.15) is 28.1 Å². The molecule has 12 nitrogen and oxygen atoms in total. The fourth-order valence-corrected chi connectivity index (χ4v) is 5.55. The number of nitrogens with one attached hydrogen (secondary N) is 3. The molecule has 0 atom stereocenters. The van der Waals surface area contributed by atoms with Crippen molar-refractivity contribution in [1.29, 1.82) is 0 Å². The highest BCUT2D eigenvalue weighted by molar-refractivity contribution is 7.19. The Hall–Kier alpha value is -4.63. The molecular formula is C29H32F2N8O4S. The average molecular weight is 627 g/mol. The SMILES string of the molecule is COc1cccc(C(=O)Nc2cc(-c3noc(-c4sc(NC(=O)NCCCN5CCCCCC5)nc4N)n3)c(F)cc2F)c1. The summed E-state index contributed by atoms with van der Waals surface area (Å²) in [5.74, 6) is -2.42. The Morgan fingerprint density at radius 1 is 1.07 bits per heavy atom. The molecular weight excluding hydrogens is 594 g/mol. The summed E-state index contributed by atoms with van der Waals surface area (Å²) in [6.07, 6.45) is 5.81. The normalized spacial score (nSPS) is 13.7. The van der Waals surface area contributed by atoms with Crippen LogP contribution in [0.25, 0.3) is 22.2 Å². The third kappa shape index (κ3) is 7.65. The lowest BCUT2D eigenvalue weighted by Gasteiger charge is -2.19. The van der Waals surface area contributed by atoms with E-state index in [0.717, 1.165) is 43.5 Å². The first-order valence-electron chi connectivity index (χ1n) is 14.1. The summed E-state index contributed by atoms with van der Waals surface area (Å²) in [6.45, 7) is 3.63. The van der Waals surface area contributed by atoms with Crippen LogP contribution in [-0.2, 0) is 0 Å². The summed E-state index contributed by atoms with van der Waals surface area (Å²) >= 11 is 0.999. The number of carbonyl (C=O) groups excluding carboxylic acids is 2. The number of methoxy groups -OCH3 is 1. The van der Waals surface area contributed by atoms with E-state index in [0.29, 0.717) is 18.4 Å². The number of nitrogen functional groups attached to an aromatic ring is 1. The zero-order valence-electron chi connectivity index (χ0n) is 24.0. The average Bonchev–Trinajstić information content (AvgIpc) is 3.54. The molecule has 0 radical (unpaired) electrons. The van der Waals surface area contributed by atoms with E-state index in [1.165, 1.54) is 44.9 Å². The van der Waals surface area contributed by atoms with Crippen LogP contribution in [0.2, 0.25) is 0 Å². The summed E-state index contributed by atoms with van der Waals surface area (Å²) in [5.41, 5.74) is 5.73. The number of carbonyl (C=O) groups is 2. The van der Waals surface area contributed by atoms with E-state index < -0.39 is 23.6 Å². The van der Waals surface area contributed by atoms with Crippen LogP contribution in [0.15, 0.2) is 40.9 Å². The fourth-order valence-electron chi connectivity index (χ4n) is 4.74. The topological polar surface area (TPSA) is 161 Å². The Morgan fingerprint density at radius 2 is 1.86 bits per heavy atom. The zero-order valence-corrected chi connectivity index (χ0v) is 24.8. The molecule has 1 fully saturated rings. The van der Waals surface area contributed by atoms with Gasteiger partial charge in [0.2, 0.25) is 5.82 Å². The van der Waals surface area contributed by atoms with Crippen LogP contribution in [0.3, 0.4) is 0 Å². The van der Waals surface area contributed by atoms with Crippen LogP contribution >= 0.6 is 11.3 Å². The maximum absolute atomic E-state index is 14.8. The van der Waals surface area contributed by atoms with Crippen LogP contribution in [0.4, 0.5) is 30.2 Å². The minimum Gasteiger partial charge on any atom is -0.497 e. The Balaban J connectivity index is 1.22. The van der Waals surface area contributed by atoms with Crippen molar-refractivity contribution in [2.75, 3.05) is 49.7 Å². The van der Waals surface area contributed by atoms with Crippen molar-refractivity contribution >= 4 is 39.9 Å². The lowest BCUT2D eigenvalue weighted by Crippen LogP contribution is -2.32. The molecule has 44 heavy (non-hydrogen) atoms. The number of urea groups is 1. The molecule has 1 aliphatic heterocycles. The first-order valence-corrected chi connectivity index (χ1v) is 14.9. The summed E-state index contributed by atoms with van der Waals surface area (Å²) in [5, 5.41) is 11.9. The van der Waals surface area contributed by atoms with Crippen LogP contribution < -0.4 is 26.4 Å². The van der Waals surface area contributed by atoms with Gasteiger partial charge in [0, 0.05) is 18.2 Å². The highest BCUT2D eigenvalue weighted by Crippen LogP contribution is 2.36. The number of rotatable bonds is 10. The number of ether oxygens (including phenoxy) is 1. The molecule has 0 unspecified atom stereocenters. The molecule has 5 rings (SSSR count). The van der Waals surface area contributed by atoms with Crippen LogP contribution in [0, 0.1) is 11.6 Å². The van der Waals surface area contributed by atoms with Crippen molar-refractivity contribution in [3.8, 4) is 27.9 Å². The molecule has 15 heteroatoms. The molecule has 0 spiro atoms. The number of nitrogens with zero attached hydrogens (tertiary/aromatic N) is 4. The van der Waals surface area contributed by atoms with E-state index in [2.05, 4.69) is 36.0 Å². The van der Waals surface area contributed by atoms with Gasteiger partial charge in [0.25, 0.3) is 11.8 Å². The minimum absolute atomic E-state index is 0.0208. The number of hydrogen-bond acceptors (Lipinski definition) is 10. The monoisotopic (exact) mass is 626 g/mol. The molecule has 4 aromatic rings. The smallest absolute Gasteiger partial charge is 0.321 e. The zero-order chi connectivity index (χ0) is 31.1. The number of amides is 3. The quantitative estimate of drug-likeness (QED) is 0.170. The molecule has 2 aromatic carbocycles. The Labute approximate surface area is 256 Å². The van der Waals surface area contributed by atoms with Crippen molar-refractivity contribution in [1.82, 2.24) is 25.3 Å². The molecule has 3 heterocycles. The van der Waals surface area contributed by atoms with Gasteiger partial charge < -0.3 is 30.5 Å². The van der Waals surface area contributed by atoms with Gasteiger partial charge in [-0.25, -0.2) is 18.6 Å². The standard InChI is InChI=1S/C29H32F2N8O4S/c1-42-18-9-6-8-17(14-18)26(40)34-22-15-19(20(30)16-21(22)31)25-36-27(43-38-25)23-24(32)35-29(44-23)37-28(41)33-10-7-13-39-11-4-2-3-5-12-39/h6,8-9,14-16H,2-5,7,10-13,32H2,1H3,(H,34,40)(H2,33,35,37,41). The molecule has 232 valence electrons. The maximum Gasteiger partial charge on any atom is 0.321 e. The summed E-state index contributed by atoms with van der Waals surface area (Å²) in [7, 11) is 1.45. The Morgan fingerprint density at radius 3 is 2.64 bits per heavy atom. The van der Waals surface area contributed by atoms with Gasteiger partial charge in [-0.3, -0.25) is 10.1 Å². The third-order valence-corrected chi connectivity index (χ3v) is 7.98. The molecule has 0 saturated carbocycles. The second-order valence-electron chi connectivity index (χ2n) is 10.1. The molecule has 1 aliphatic rings. The third-order valence-electron chi connectivity index (χ3n) is 7.01. The van der Waals surface area contributed by atoms with Crippen molar-refractivity contribution in [2.24, 2.45) is 0 Å². The fraction of sp³-hybridized carbons (Fsp3) is 0.345. The Kier molecular flexibility index (Phi) is 9.96. The van der Waals surface area contributed by atoms with E-state index in [9.17, 15) is 18.4 Å². The van der Waals surface area contributed by atoms with Gasteiger partial charge in [-0.05, 0) is 63.2 Å². The lowest BCUT2D eigenvalue weighted by molar-refractivity contribution is 0.102. The Bertz CT molecular complexity index is 1620. The number of benzene rings is 2. The second kappa shape index (κ2) is 14.2. The van der Waals surface area contributed by atoms with Gasteiger partial charge in [-0.15, -0.1) is 0 Å². The molecule has 0 aliphatic carbocycles. The van der Waals surface area contributed by atoms with Crippen LogP contribution in [0.5, 0.6) is 5.75 Å². The lowest BCUT2D eigenvalue weighted by atomic mass is 10.1. The number of thiazole rings is 1. The first-order chi connectivity index (χ1) is 21.3. The first kappa shape index (κ1) is 30.8. The number of anilines is 3. The van der Waals surface area contributed by atoms with Crippen molar-refractivity contribution in [2.45, 2.75) is 32.1 Å². The molecule has 3 amide bonds. The van der Waals surface area contributed by atoms with E-state index in [1.807, 2.05) is 0 Å². The summed E-state index contributed by atoms with van der Waals surface area (Å²) < 4.78 is 39.8. The van der Waals surface area contributed by atoms with Crippen LogP contribution in [0.1, 0.15) is 42.5 Å². The molecule has 2 aromatic heterocycles. The van der Waals surface area contributed by atoms with Crippen molar-refractivity contribution in [3.63, 3.8) is 0 Å². The van der Waals surface area contributed by atoms with Gasteiger partial charge in [-0.1, -0.05) is 35.4 Å². The van der Waals surface area contributed by atoms with Crippen molar-refractivity contribution in [3.05, 3.63) is 53.6 Å². The number of halogens is 2. The number of aromatic nitrogens is 3. The summed E-state index contributed by atoms with van der Waals surface area (Å²) in [4.78, 5) is 36.1. The minimum atomic E-state index is -0.992. The largest absolute Gasteiger partial charge is 0.497 e. The number of likely N-dealkylation sites (tertiary alicyclic amines) is 1. The summed E-state index contributed by atoms with van der Waals surface area (Å²) in [6, 6.07) is 7.52. The van der Waals surface area contributed by atoms with E-state index in [-0.39, 0.29) is 44.4 Å². The van der Waals surface area contributed by atoms with Gasteiger partial charge in [0.05, 0.1) is 18.4 Å². The maximum atomic E-state index is 14.8. The molecule has 1 saturated heterocycles. The van der Waals surface area contributed by atoms with Crippen molar-refractivity contribution < 1.29 is 27.6 Å². The van der Waals surface area contributed by atoms with Gasteiger partial charge >= 0.3 is 6.03 Å². The van der Waals surface area contributed by atoms with Crippen LogP contribution in [-0.4, -0.2) is 65.3 Å². The van der Waals surface area contributed by atoms with Gasteiger partial charge in [-0.2, -0.15) is 4.98 Å². The van der Waals surface area contributed by atoms with E-state index >= 15 is 0 Å². The predicted octanol–water partition coefficient (Wildman–Crippen LogP) is 5.37. The highest BCUT2D eigenvalue weighted by atomic mass is 32.1. The molecule has 5 N–H and O–H groups in total. The number of nitrogens with two attached hydrogens (primary N) is 1.